The summed E-state index contributed by atoms with van der Waals surface area (Å²) in [6.45, 7) is 2.87. The largest absolute Gasteiger partial charge is 0.315 e. The number of carbonyl (C=O) groups excluding carboxylic acids is 1. The van der Waals surface area contributed by atoms with Crippen molar-refractivity contribution in [1.29, 1.82) is 0 Å². The summed E-state index contributed by atoms with van der Waals surface area (Å²) in [7, 11) is 0. The quantitative estimate of drug-likeness (QED) is 0.363. The average molecular weight is 478 g/mol. The second-order valence-corrected chi connectivity index (χ2v) is 7.45. The fraction of sp³-hybridized carbons (Fsp3) is 0.0870. The standard InChI is InChI=1S/C23H16BrF4NO/c1-13-9-15(25)10-21(28)23(13)22-8-3-5-16(29(22)12-18(24)14(2)30)11-17-19(26)6-4-7-20(17)27/h3-12H,1-2H3/b16-11+,18-12+. The summed E-state index contributed by atoms with van der Waals surface area (Å²) in [4.78, 5) is 13.2. The molecule has 0 aromatic heterocycles. The molecule has 30 heavy (non-hydrogen) atoms. The molecule has 0 bridgehead atoms. The zero-order valence-electron chi connectivity index (χ0n) is 16.0. The summed E-state index contributed by atoms with van der Waals surface area (Å²) in [5.74, 6) is -3.38. The summed E-state index contributed by atoms with van der Waals surface area (Å²) < 4.78 is 56.8. The van der Waals surface area contributed by atoms with Gasteiger partial charge in [0.2, 0.25) is 0 Å². The molecular weight excluding hydrogens is 462 g/mol. The molecule has 0 aliphatic carbocycles. The Labute approximate surface area is 179 Å². The van der Waals surface area contributed by atoms with Gasteiger partial charge in [-0.3, -0.25) is 4.79 Å². The minimum atomic E-state index is -0.803. The van der Waals surface area contributed by atoms with Gasteiger partial charge in [-0.05, 0) is 71.8 Å². The molecule has 2 nitrogen and oxygen atoms in total. The van der Waals surface area contributed by atoms with E-state index in [-0.39, 0.29) is 32.8 Å². The zero-order valence-corrected chi connectivity index (χ0v) is 17.6. The minimum absolute atomic E-state index is 0.0979. The van der Waals surface area contributed by atoms with Crippen LogP contribution in [0.3, 0.4) is 0 Å². The first-order chi connectivity index (χ1) is 14.2. The van der Waals surface area contributed by atoms with E-state index in [4.69, 9.17) is 0 Å². The van der Waals surface area contributed by atoms with E-state index in [0.29, 0.717) is 5.56 Å². The molecule has 0 N–H and O–H groups in total. The van der Waals surface area contributed by atoms with Gasteiger partial charge in [0.15, 0.2) is 5.78 Å². The lowest BCUT2D eigenvalue weighted by Gasteiger charge is -2.29. The zero-order chi connectivity index (χ0) is 22.0. The third-order valence-electron chi connectivity index (χ3n) is 4.44. The van der Waals surface area contributed by atoms with Gasteiger partial charge >= 0.3 is 0 Å². The number of Topliss-reactive ketones (excluding diaryl/α,β-unsaturated/α-hetero) is 1. The highest BCUT2D eigenvalue weighted by molar-refractivity contribution is 9.12. The number of rotatable bonds is 4. The Bertz CT molecular complexity index is 1100. The number of benzene rings is 2. The molecule has 1 heterocycles. The summed E-state index contributed by atoms with van der Waals surface area (Å²) >= 11 is 3.16. The van der Waals surface area contributed by atoms with E-state index in [1.54, 1.807) is 25.2 Å². The molecule has 1 aliphatic rings. The van der Waals surface area contributed by atoms with Crippen molar-refractivity contribution in [2.75, 3.05) is 0 Å². The molecule has 0 amide bonds. The maximum Gasteiger partial charge on any atom is 0.168 e. The topological polar surface area (TPSA) is 20.3 Å². The van der Waals surface area contributed by atoms with Crippen LogP contribution < -0.4 is 0 Å². The van der Waals surface area contributed by atoms with Crippen molar-refractivity contribution in [2.24, 2.45) is 0 Å². The smallest absolute Gasteiger partial charge is 0.168 e. The normalized spacial score (nSPS) is 15.6. The van der Waals surface area contributed by atoms with Gasteiger partial charge in [0, 0.05) is 29.1 Å². The van der Waals surface area contributed by atoms with Gasteiger partial charge in [0.05, 0.1) is 10.2 Å². The predicted octanol–water partition coefficient (Wildman–Crippen LogP) is 6.63. The van der Waals surface area contributed by atoms with E-state index in [9.17, 15) is 22.4 Å². The first-order valence-corrected chi connectivity index (χ1v) is 9.66. The van der Waals surface area contributed by atoms with E-state index < -0.39 is 23.3 Å². The second-order valence-electron chi connectivity index (χ2n) is 6.60. The molecule has 0 fully saturated rings. The van der Waals surface area contributed by atoms with Crippen LogP contribution in [0.5, 0.6) is 0 Å². The molecule has 154 valence electrons. The molecule has 0 saturated heterocycles. The van der Waals surface area contributed by atoms with E-state index in [0.717, 1.165) is 18.2 Å². The predicted molar refractivity (Wildman–Crippen MR) is 112 cm³/mol. The highest BCUT2D eigenvalue weighted by Gasteiger charge is 2.23. The van der Waals surface area contributed by atoms with Crippen LogP contribution in [0.25, 0.3) is 11.8 Å². The number of ketones is 1. The SMILES string of the molecule is CC(=O)/C(Br)=C\N1C(c2c(C)cc(F)cc2F)=CC=C/C1=C\c1c(F)cccc1F. The molecule has 2 aromatic carbocycles. The van der Waals surface area contributed by atoms with Gasteiger partial charge in [-0.2, -0.15) is 0 Å². The van der Waals surface area contributed by atoms with Crippen LogP contribution in [0.15, 0.2) is 64.9 Å². The third kappa shape index (κ3) is 4.46. The Morgan fingerprint density at radius 2 is 1.73 bits per heavy atom. The number of allylic oxidation sites excluding steroid dienone is 4. The van der Waals surface area contributed by atoms with Crippen molar-refractivity contribution < 1.29 is 22.4 Å². The minimum Gasteiger partial charge on any atom is -0.315 e. The van der Waals surface area contributed by atoms with E-state index >= 15 is 0 Å². The highest BCUT2D eigenvalue weighted by Crippen LogP contribution is 2.34. The lowest BCUT2D eigenvalue weighted by Crippen LogP contribution is -2.19. The first-order valence-electron chi connectivity index (χ1n) is 8.86. The van der Waals surface area contributed by atoms with Crippen molar-refractivity contribution in [3.63, 3.8) is 0 Å². The van der Waals surface area contributed by atoms with Crippen LogP contribution in [0.1, 0.15) is 23.6 Å². The number of hydrogen-bond donors (Lipinski definition) is 0. The molecular formula is C23H16BrF4NO. The molecule has 0 saturated carbocycles. The summed E-state index contributed by atoms with van der Waals surface area (Å²) in [6.07, 6.45) is 7.33. The van der Waals surface area contributed by atoms with Crippen LogP contribution >= 0.6 is 15.9 Å². The van der Waals surface area contributed by atoms with Gasteiger partial charge in [-0.1, -0.05) is 12.1 Å². The Kier molecular flexibility index (Phi) is 6.41. The lowest BCUT2D eigenvalue weighted by molar-refractivity contribution is -0.112. The number of halogens is 5. The monoisotopic (exact) mass is 477 g/mol. The first kappa shape index (κ1) is 21.8. The molecule has 0 unspecified atom stereocenters. The van der Waals surface area contributed by atoms with Crippen molar-refractivity contribution in [3.05, 3.63) is 105 Å². The molecule has 1 aliphatic heterocycles. The molecule has 3 rings (SSSR count). The molecule has 7 heteroatoms. The van der Waals surface area contributed by atoms with Gasteiger partial charge < -0.3 is 4.90 Å². The molecule has 0 radical (unpaired) electrons. The van der Waals surface area contributed by atoms with Crippen LogP contribution in [0, 0.1) is 30.2 Å². The summed E-state index contributed by atoms with van der Waals surface area (Å²) in [5, 5.41) is 0. The van der Waals surface area contributed by atoms with Crippen LogP contribution in [-0.4, -0.2) is 10.7 Å². The van der Waals surface area contributed by atoms with E-state index in [2.05, 4.69) is 15.9 Å². The third-order valence-corrected chi connectivity index (χ3v) is 5.20. The van der Waals surface area contributed by atoms with Gasteiger partial charge in [-0.15, -0.1) is 0 Å². The Balaban J connectivity index is 2.23. The van der Waals surface area contributed by atoms with Crippen molar-refractivity contribution in [3.8, 4) is 0 Å². The lowest BCUT2D eigenvalue weighted by atomic mass is 10.00. The maximum atomic E-state index is 14.7. The van der Waals surface area contributed by atoms with Gasteiger partial charge in [0.1, 0.15) is 23.3 Å². The average Bonchev–Trinajstić information content (AvgIpc) is 2.65. The maximum absolute atomic E-state index is 14.7. The summed E-state index contributed by atoms with van der Waals surface area (Å²) in [6, 6.07) is 5.42. The fourth-order valence-corrected chi connectivity index (χ4v) is 3.24. The number of nitrogens with zero attached hydrogens (tertiary/aromatic N) is 1. The fourth-order valence-electron chi connectivity index (χ4n) is 3.03. The van der Waals surface area contributed by atoms with Crippen LogP contribution in [0.4, 0.5) is 17.6 Å². The highest BCUT2D eigenvalue weighted by atomic mass is 79.9. The van der Waals surface area contributed by atoms with Crippen LogP contribution in [-0.2, 0) is 4.79 Å². The Morgan fingerprint density at radius 3 is 2.33 bits per heavy atom. The van der Waals surface area contributed by atoms with Gasteiger partial charge in [-0.25, -0.2) is 17.6 Å². The van der Waals surface area contributed by atoms with Crippen LogP contribution in [0.2, 0.25) is 0 Å². The molecule has 0 atom stereocenters. The Morgan fingerprint density at radius 1 is 1.07 bits per heavy atom. The van der Waals surface area contributed by atoms with E-state index in [1.807, 2.05) is 0 Å². The summed E-state index contributed by atoms with van der Waals surface area (Å²) in [5.41, 5.74) is 0.683. The number of hydrogen-bond acceptors (Lipinski definition) is 2. The van der Waals surface area contributed by atoms with Crippen molar-refractivity contribution in [2.45, 2.75) is 13.8 Å². The van der Waals surface area contributed by atoms with E-state index in [1.165, 1.54) is 36.2 Å². The number of aryl methyl sites for hydroxylation is 1. The van der Waals surface area contributed by atoms with Crippen molar-refractivity contribution in [1.82, 2.24) is 4.90 Å². The molecule has 0 spiro atoms. The second kappa shape index (κ2) is 8.83. The van der Waals surface area contributed by atoms with Crippen molar-refractivity contribution >= 4 is 33.5 Å². The molecule has 2 aromatic rings. The Hall–Kier alpha value is -2.93. The number of carbonyl (C=O) groups is 1. The van der Waals surface area contributed by atoms with Gasteiger partial charge in [0.25, 0.3) is 0 Å².